The van der Waals surface area contributed by atoms with Crippen molar-refractivity contribution in [2.24, 2.45) is 0 Å². The van der Waals surface area contributed by atoms with E-state index in [4.69, 9.17) is 0 Å². The molecule has 2 aromatic carbocycles. The molecule has 0 aromatic heterocycles. The van der Waals surface area contributed by atoms with Crippen LogP contribution in [0.1, 0.15) is 11.1 Å². The van der Waals surface area contributed by atoms with Crippen LogP contribution in [-0.4, -0.2) is 0 Å². The molecular formula is C13H9Mo-. The van der Waals surface area contributed by atoms with E-state index in [1.54, 1.807) is 0 Å². The largest absolute Gasteiger partial charge is 0.183 e. The van der Waals surface area contributed by atoms with Crippen LogP contribution in [0.5, 0.6) is 0 Å². The van der Waals surface area contributed by atoms with Gasteiger partial charge in [0.2, 0.25) is 0 Å². The second-order valence-corrected chi connectivity index (χ2v) is 3.42. The molecule has 14 heavy (non-hydrogen) atoms. The van der Waals surface area contributed by atoms with Gasteiger partial charge in [0.1, 0.15) is 0 Å². The number of fused-ring (bicyclic) bond motifs is 3. The molecule has 0 spiro atoms. The van der Waals surface area contributed by atoms with Crippen molar-refractivity contribution in [3.63, 3.8) is 0 Å². The fourth-order valence-electron chi connectivity index (χ4n) is 2.02. The summed E-state index contributed by atoms with van der Waals surface area (Å²) in [5, 5.41) is 0. The van der Waals surface area contributed by atoms with Crippen LogP contribution in [0.15, 0.2) is 42.5 Å². The van der Waals surface area contributed by atoms with Crippen LogP contribution in [0.25, 0.3) is 11.1 Å². The summed E-state index contributed by atoms with van der Waals surface area (Å²) in [6.07, 6.45) is 1.07. The number of hydrogen-bond donors (Lipinski definition) is 0. The molecule has 0 saturated carbocycles. The maximum Gasteiger partial charge on any atom is 0 e. The van der Waals surface area contributed by atoms with Gasteiger partial charge in [0.15, 0.2) is 0 Å². The Balaban J connectivity index is 0.000000750. The number of hydrogen-bond acceptors (Lipinski definition) is 0. The summed E-state index contributed by atoms with van der Waals surface area (Å²) in [5.41, 5.74) is 5.63. The summed E-state index contributed by atoms with van der Waals surface area (Å²) in [6.45, 7) is 0. The van der Waals surface area contributed by atoms with E-state index in [1.165, 1.54) is 22.3 Å². The Hall–Kier alpha value is -0.872. The van der Waals surface area contributed by atoms with E-state index in [1.807, 2.05) is 6.07 Å². The monoisotopic (exact) mass is 263 g/mol. The predicted octanol–water partition coefficient (Wildman–Crippen LogP) is 3.06. The van der Waals surface area contributed by atoms with Crippen molar-refractivity contribution < 1.29 is 21.1 Å². The second kappa shape index (κ2) is 3.71. The SMILES string of the molecule is [Mo].[c-]1ccc2c(c1)Cc1ccccc1-2. The summed E-state index contributed by atoms with van der Waals surface area (Å²) in [4.78, 5) is 0. The fourth-order valence-corrected chi connectivity index (χ4v) is 2.02. The molecule has 0 nitrogen and oxygen atoms in total. The summed E-state index contributed by atoms with van der Waals surface area (Å²) in [5.74, 6) is 0. The molecule has 1 aliphatic carbocycles. The van der Waals surface area contributed by atoms with E-state index in [0.29, 0.717) is 0 Å². The molecule has 0 fully saturated rings. The third kappa shape index (κ3) is 1.35. The van der Waals surface area contributed by atoms with Gasteiger partial charge in [-0.05, 0) is 17.5 Å². The van der Waals surface area contributed by atoms with Gasteiger partial charge in [0, 0.05) is 21.1 Å². The van der Waals surface area contributed by atoms with Crippen LogP contribution in [0.3, 0.4) is 0 Å². The number of rotatable bonds is 0. The molecule has 1 aliphatic rings. The van der Waals surface area contributed by atoms with Crippen molar-refractivity contribution >= 4 is 0 Å². The van der Waals surface area contributed by atoms with Gasteiger partial charge in [0.05, 0.1) is 0 Å². The molecule has 0 amide bonds. The van der Waals surface area contributed by atoms with Gasteiger partial charge in [-0.2, -0.15) is 24.3 Å². The Morgan fingerprint density at radius 3 is 2.64 bits per heavy atom. The fraction of sp³-hybridized carbons (Fsp3) is 0.0769. The second-order valence-electron chi connectivity index (χ2n) is 3.42. The first-order valence-corrected chi connectivity index (χ1v) is 4.52. The van der Waals surface area contributed by atoms with E-state index in [2.05, 4.69) is 42.5 Å². The van der Waals surface area contributed by atoms with Gasteiger partial charge in [-0.15, -0.1) is 11.1 Å². The third-order valence-corrected chi connectivity index (χ3v) is 2.64. The van der Waals surface area contributed by atoms with Crippen LogP contribution >= 0.6 is 0 Å². The first kappa shape index (κ1) is 9.67. The van der Waals surface area contributed by atoms with Gasteiger partial charge < -0.3 is 0 Å². The van der Waals surface area contributed by atoms with Crippen molar-refractivity contribution in [3.05, 3.63) is 59.7 Å². The van der Waals surface area contributed by atoms with Crippen molar-refractivity contribution in [1.29, 1.82) is 0 Å². The molecule has 0 saturated heterocycles. The Kier molecular flexibility index (Phi) is 2.56. The van der Waals surface area contributed by atoms with Gasteiger partial charge >= 0.3 is 0 Å². The number of benzene rings is 2. The zero-order valence-corrected chi connectivity index (χ0v) is 9.66. The van der Waals surface area contributed by atoms with Crippen molar-refractivity contribution in [1.82, 2.24) is 0 Å². The minimum absolute atomic E-state index is 0. The molecule has 68 valence electrons. The molecular weight excluding hydrogens is 252 g/mol. The van der Waals surface area contributed by atoms with Crippen molar-refractivity contribution in [2.45, 2.75) is 6.42 Å². The van der Waals surface area contributed by atoms with E-state index >= 15 is 0 Å². The Bertz CT molecular complexity index is 417. The first-order valence-electron chi connectivity index (χ1n) is 4.52. The first-order chi connectivity index (χ1) is 6.45. The predicted molar refractivity (Wildman–Crippen MR) is 53.5 cm³/mol. The van der Waals surface area contributed by atoms with Gasteiger partial charge in [-0.25, -0.2) is 0 Å². The van der Waals surface area contributed by atoms with E-state index in [-0.39, 0.29) is 21.1 Å². The normalized spacial score (nSPS) is 11.4. The van der Waals surface area contributed by atoms with Crippen LogP contribution in [0.2, 0.25) is 0 Å². The Morgan fingerprint density at radius 2 is 1.71 bits per heavy atom. The van der Waals surface area contributed by atoms with Crippen LogP contribution < -0.4 is 0 Å². The van der Waals surface area contributed by atoms with E-state index in [9.17, 15) is 0 Å². The van der Waals surface area contributed by atoms with Crippen LogP contribution in [-0.2, 0) is 27.5 Å². The van der Waals surface area contributed by atoms with Gasteiger partial charge in [-0.1, -0.05) is 24.3 Å². The molecule has 1 heteroatoms. The summed E-state index contributed by atoms with van der Waals surface area (Å²) < 4.78 is 0. The third-order valence-electron chi connectivity index (χ3n) is 2.64. The van der Waals surface area contributed by atoms with Crippen molar-refractivity contribution in [2.75, 3.05) is 0 Å². The molecule has 0 heterocycles. The Labute approximate surface area is 98.2 Å². The molecule has 2 aromatic rings. The van der Waals surface area contributed by atoms with Crippen LogP contribution in [0.4, 0.5) is 0 Å². The Morgan fingerprint density at radius 1 is 0.929 bits per heavy atom. The average Bonchev–Trinajstić information content (AvgIpc) is 2.56. The molecule has 0 N–H and O–H groups in total. The van der Waals surface area contributed by atoms with Gasteiger partial charge in [-0.3, -0.25) is 0 Å². The topological polar surface area (TPSA) is 0 Å². The quantitative estimate of drug-likeness (QED) is 0.431. The van der Waals surface area contributed by atoms with Gasteiger partial charge in [0.25, 0.3) is 0 Å². The maximum atomic E-state index is 3.13. The molecule has 3 rings (SSSR count). The van der Waals surface area contributed by atoms with E-state index < -0.39 is 0 Å². The minimum Gasteiger partial charge on any atom is -0.183 e. The maximum absolute atomic E-state index is 3.13. The molecule has 0 unspecified atom stereocenters. The van der Waals surface area contributed by atoms with Crippen molar-refractivity contribution in [3.8, 4) is 11.1 Å². The molecule has 0 atom stereocenters. The average molecular weight is 261 g/mol. The summed E-state index contributed by atoms with van der Waals surface area (Å²) >= 11 is 0. The zero-order valence-electron chi connectivity index (χ0n) is 7.66. The zero-order chi connectivity index (χ0) is 8.67. The standard InChI is InChI=1S/C13H9.Mo/c1-3-7-12-10(5-1)9-11-6-2-4-8-13(11)12;/h1,3-8H,9H2;/q-1;. The minimum atomic E-state index is 0. The summed E-state index contributed by atoms with van der Waals surface area (Å²) in [7, 11) is 0. The molecule has 0 radical (unpaired) electrons. The van der Waals surface area contributed by atoms with Crippen LogP contribution in [0, 0.1) is 6.07 Å². The van der Waals surface area contributed by atoms with E-state index in [0.717, 1.165) is 6.42 Å². The smallest absolute Gasteiger partial charge is 0 e. The molecule has 0 bridgehead atoms. The molecule has 0 aliphatic heterocycles. The summed E-state index contributed by atoms with van der Waals surface area (Å²) in [6, 6.07) is 18.0.